The fourth-order valence-electron chi connectivity index (χ4n) is 1.18. The average Bonchev–Trinajstić information content (AvgIpc) is 2.12. The number of allylic oxidation sites excluding steroid dienone is 2. The third kappa shape index (κ3) is 0.865. The van der Waals surface area contributed by atoms with Gasteiger partial charge in [-0.2, -0.15) is 0 Å². The first-order valence-corrected chi connectivity index (χ1v) is 3.56. The van der Waals surface area contributed by atoms with Crippen molar-refractivity contribution in [2.45, 2.75) is 0 Å². The number of Topliss-reactive ketones (excluding diaryl/α,β-unsaturated/α-hetero) is 1. The summed E-state index contributed by atoms with van der Waals surface area (Å²) in [7, 11) is 0. The predicted molar refractivity (Wildman–Crippen MR) is 42.9 cm³/mol. The lowest BCUT2D eigenvalue weighted by atomic mass is 9.95. The van der Waals surface area contributed by atoms with E-state index in [1.165, 1.54) is 6.08 Å². The molecule has 1 aliphatic carbocycles. The molecule has 1 aliphatic rings. The summed E-state index contributed by atoms with van der Waals surface area (Å²) < 4.78 is 0. The molecule has 0 unspecified atom stereocenters. The lowest BCUT2D eigenvalue weighted by Crippen LogP contribution is -2.11. The maximum Gasteiger partial charge on any atom is 0.347 e. The van der Waals surface area contributed by atoms with Crippen LogP contribution < -0.4 is 0 Å². The van der Waals surface area contributed by atoms with E-state index in [0.717, 1.165) is 0 Å². The molecule has 0 atom stereocenters. The summed E-state index contributed by atoms with van der Waals surface area (Å²) in [5.74, 6) is -0.365. The molecule has 0 spiro atoms. The van der Waals surface area contributed by atoms with Gasteiger partial charge in [0.25, 0.3) is 0 Å². The Balaban J connectivity index is 2.69. The first-order valence-electron chi connectivity index (χ1n) is 3.56. The highest BCUT2D eigenvalue weighted by atomic mass is 16.1. The van der Waals surface area contributed by atoms with Gasteiger partial charge in [-0.05, 0) is 12.1 Å². The Bertz CT molecular complexity index is 352. The Morgan fingerprint density at radius 3 is 2.33 bits per heavy atom. The Kier molecular flexibility index (Phi) is 1.36. The number of hydrogen-bond donors (Lipinski definition) is 0. The normalized spacial score (nSPS) is 14.0. The second-order valence-electron chi connectivity index (χ2n) is 2.53. The van der Waals surface area contributed by atoms with Crippen LogP contribution in [0.4, 0.5) is 0 Å². The van der Waals surface area contributed by atoms with E-state index in [1.807, 2.05) is 0 Å². The van der Waals surface area contributed by atoms with Crippen molar-refractivity contribution in [3.63, 3.8) is 0 Å². The summed E-state index contributed by atoms with van der Waals surface area (Å²) in [4.78, 5) is 22.3. The van der Waals surface area contributed by atoms with Gasteiger partial charge in [-0.25, -0.2) is 9.59 Å². The molecule has 0 saturated carbocycles. The molecule has 0 bridgehead atoms. The van der Waals surface area contributed by atoms with E-state index < -0.39 is 0 Å². The van der Waals surface area contributed by atoms with Crippen LogP contribution in [-0.4, -0.2) is 11.6 Å². The first kappa shape index (κ1) is 6.89. The van der Waals surface area contributed by atoms with Crippen LogP contribution in [0, 0.1) is 6.08 Å². The zero-order chi connectivity index (χ0) is 8.55. The number of rotatable bonds is 0. The van der Waals surface area contributed by atoms with Gasteiger partial charge in [0, 0.05) is 6.07 Å². The summed E-state index contributed by atoms with van der Waals surface area (Å²) in [6.45, 7) is 0. The topological polar surface area (TPSA) is 34.1 Å². The Morgan fingerprint density at radius 2 is 1.67 bits per heavy atom. The van der Waals surface area contributed by atoms with Gasteiger partial charge in [0.1, 0.15) is 11.1 Å². The molecule has 1 aromatic rings. The second kappa shape index (κ2) is 2.36. The van der Waals surface area contributed by atoms with Gasteiger partial charge >= 0.3 is 11.6 Å². The van der Waals surface area contributed by atoms with Gasteiger partial charge in [0.05, 0.1) is 6.08 Å². The standard InChI is InChI=1S/C10H5O2/c11-9-5-6-10(12)8-4-2-1-3-7(8)9/h1-5H/q+1. The molecule has 0 N–H and O–H groups in total. The van der Waals surface area contributed by atoms with Crippen molar-refractivity contribution in [2.75, 3.05) is 0 Å². The van der Waals surface area contributed by atoms with Gasteiger partial charge in [-0.15, -0.1) is 0 Å². The number of ketones is 2. The van der Waals surface area contributed by atoms with E-state index in [-0.39, 0.29) is 11.6 Å². The van der Waals surface area contributed by atoms with Gasteiger partial charge in [0.15, 0.2) is 6.08 Å². The number of hydrogen-bond acceptors (Lipinski definition) is 2. The molecule has 56 valence electrons. The summed E-state index contributed by atoms with van der Waals surface area (Å²) in [6, 6.07) is 6.75. The fraction of sp³-hybridized carbons (Fsp3) is 0. The molecule has 0 heterocycles. The van der Waals surface area contributed by atoms with Crippen LogP contribution in [0.25, 0.3) is 0 Å². The Labute approximate surface area is 69.5 Å². The van der Waals surface area contributed by atoms with Crippen LogP contribution in [0.2, 0.25) is 0 Å². The minimum atomic E-state index is -0.217. The van der Waals surface area contributed by atoms with E-state index in [1.54, 1.807) is 24.3 Å². The Hall–Kier alpha value is -1.79. The van der Waals surface area contributed by atoms with Crippen LogP contribution in [0.15, 0.2) is 30.3 Å². The zero-order valence-corrected chi connectivity index (χ0v) is 6.20. The quantitative estimate of drug-likeness (QED) is 0.534. The maximum atomic E-state index is 11.2. The molecule has 12 heavy (non-hydrogen) atoms. The number of fused-ring (bicyclic) bond motifs is 1. The van der Waals surface area contributed by atoms with Crippen molar-refractivity contribution < 1.29 is 9.59 Å². The van der Waals surface area contributed by atoms with E-state index in [9.17, 15) is 9.59 Å². The van der Waals surface area contributed by atoms with Crippen LogP contribution in [0.3, 0.4) is 0 Å². The maximum absolute atomic E-state index is 11.2. The highest BCUT2D eigenvalue weighted by Gasteiger charge is 2.28. The molecule has 0 amide bonds. The molecule has 2 nitrogen and oxygen atoms in total. The van der Waals surface area contributed by atoms with Gasteiger partial charge in [-0.1, -0.05) is 6.07 Å². The number of carbonyl (C=O) groups excluding carboxylic acids is 2. The summed E-state index contributed by atoms with van der Waals surface area (Å²) in [5, 5.41) is 0. The van der Waals surface area contributed by atoms with Gasteiger partial charge in [0.2, 0.25) is 0 Å². The van der Waals surface area contributed by atoms with E-state index in [2.05, 4.69) is 6.08 Å². The van der Waals surface area contributed by atoms with Crippen molar-refractivity contribution in [3.8, 4) is 0 Å². The molecule has 2 heteroatoms. The summed E-state index contributed by atoms with van der Waals surface area (Å²) in [5.41, 5.74) is 0.922. The third-order valence-corrected chi connectivity index (χ3v) is 1.77. The van der Waals surface area contributed by atoms with E-state index in [4.69, 9.17) is 0 Å². The van der Waals surface area contributed by atoms with Gasteiger partial charge in [-0.3, -0.25) is 0 Å². The molecule has 0 aromatic heterocycles. The van der Waals surface area contributed by atoms with Crippen LogP contribution in [0.5, 0.6) is 0 Å². The summed E-state index contributed by atoms with van der Waals surface area (Å²) in [6.07, 6.45) is 3.56. The van der Waals surface area contributed by atoms with Gasteiger partial charge < -0.3 is 0 Å². The minimum Gasteiger partial charge on any atom is -0.246 e. The molecule has 1 aromatic carbocycles. The van der Waals surface area contributed by atoms with Crippen molar-refractivity contribution in [1.29, 1.82) is 0 Å². The second-order valence-corrected chi connectivity index (χ2v) is 2.53. The predicted octanol–water partition coefficient (Wildman–Crippen LogP) is 1.42. The highest BCUT2D eigenvalue weighted by molar-refractivity contribution is 6.20. The lowest BCUT2D eigenvalue weighted by Gasteiger charge is -1.96. The van der Waals surface area contributed by atoms with Crippen molar-refractivity contribution in [2.24, 2.45) is 0 Å². The average molecular weight is 157 g/mol. The molecule has 0 fully saturated rings. The van der Waals surface area contributed by atoms with Crippen molar-refractivity contribution in [3.05, 3.63) is 47.5 Å². The van der Waals surface area contributed by atoms with E-state index in [0.29, 0.717) is 11.1 Å². The monoisotopic (exact) mass is 157 g/mol. The molecule has 0 saturated heterocycles. The number of benzene rings is 1. The van der Waals surface area contributed by atoms with Crippen LogP contribution >= 0.6 is 0 Å². The highest BCUT2D eigenvalue weighted by Crippen LogP contribution is 2.14. The zero-order valence-electron chi connectivity index (χ0n) is 6.20. The number of carbonyl (C=O) groups is 2. The molecule has 0 aliphatic heterocycles. The Morgan fingerprint density at radius 1 is 1.00 bits per heavy atom. The van der Waals surface area contributed by atoms with E-state index >= 15 is 0 Å². The van der Waals surface area contributed by atoms with Crippen LogP contribution in [0.1, 0.15) is 20.7 Å². The third-order valence-electron chi connectivity index (χ3n) is 1.77. The molecular formula is C10H5O2+. The summed E-state index contributed by atoms with van der Waals surface area (Å²) >= 11 is 0. The van der Waals surface area contributed by atoms with Crippen molar-refractivity contribution >= 4 is 11.6 Å². The largest absolute Gasteiger partial charge is 0.347 e. The SMILES string of the molecule is O=C1[C+]=CC(=O)c2ccccc21. The molecule has 0 radical (unpaired) electrons. The first-order chi connectivity index (χ1) is 5.79. The smallest absolute Gasteiger partial charge is 0.246 e. The van der Waals surface area contributed by atoms with Crippen LogP contribution in [-0.2, 0) is 0 Å². The van der Waals surface area contributed by atoms with Crippen molar-refractivity contribution in [1.82, 2.24) is 0 Å². The molecular weight excluding hydrogens is 152 g/mol. The fourth-order valence-corrected chi connectivity index (χ4v) is 1.18. The molecule has 2 rings (SSSR count). The minimum absolute atomic E-state index is 0.148. The lowest BCUT2D eigenvalue weighted by molar-refractivity contribution is 0.0988.